The summed E-state index contributed by atoms with van der Waals surface area (Å²) in [4.78, 5) is 15.2. The number of aldehydes is 1. The van der Waals surface area contributed by atoms with Gasteiger partial charge in [-0.15, -0.1) is 0 Å². The van der Waals surface area contributed by atoms with Gasteiger partial charge in [-0.1, -0.05) is 65.3 Å². The Morgan fingerprint density at radius 2 is 1.80 bits per heavy atom. The van der Waals surface area contributed by atoms with Crippen LogP contribution in [0.4, 0.5) is 0 Å². The number of aryl methyl sites for hydroxylation is 1. The minimum atomic E-state index is 0.124. The Hall–Kier alpha value is -3.44. The zero-order valence-electron chi connectivity index (χ0n) is 16.6. The quantitative estimate of drug-likeness (QED) is 0.356. The maximum Gasteiger partial charge on any atom is 0.264 e. The average Bonchev–Trinajstić information content (AvgIpc) is 3.24. The summed E-state index contributed by atoms with van der Waals surface area (Å²) in [6, 6.07) is 18.6. The third-order valence-electron chi connectivity index (χ3n) is 4.97. The number of rotatable bonds is 6. The molecule has 150 valence electrons. The number of ether oxygens (including phenoxy) is 1. The highest BCUT2D eigenvalue weighted by molar-refractivity contribution is 6.33. The van der Waals surface area contributed by atoms with E-state index in [9.17, 15) is 4.79 Å². The van der Waals surface area contributed by atoms with E-state index in [-0.39, 0.29) is 6.61 Å². The number of carbonyl (C=O) groups is 1. The third kappa shape index (κ3) is 3.98. The SMILES string of the molecule is Cc1ccc(OCc2nc(-c3ccc(C=O)cc3)no2)c(-c2ccccc2Cl)c1C. The number of benzene rings is 3. The Morgan fingerprint density at radius 1 is 1.03 bits per heavy atom. The van der Waals surface area contributed by atoms with E-state index in [4.69, 9.17) is 20.9 Å². The molecule has 0 saturated heterocycles. The highest BCUT2D eigenvalue weighted by Gasteiger charge is 2.16. The van der Waals surface area contributed by atoms with E-state index in [0.717, 1.165) is 34.1 Å². The van der Waals surface area contributed by atoms with Crippen LogP contribution in [0.25, 0.3) is 22.5 Å². The zero-order valence-corrected chi connectivity index (χ0v) is 17.3. The zero-order chi connectivity index (χ0) is 21.1. The first kappa shape index (κ1) is 19.9. The summed E-state index contributed by atoms with van der Waals surface area (Å²) >= 11 is 6.45. The number of nitrogens with zero attached hydrogens (tertiary/aromatic N) is 2. The smallest absolute Gasteiger partial charge is 0.264 e. The first-order valence-electron chi connectivity index (χ1n) is 9.43. The van der Waals surface area contributed by atoms with Gasteiger partial charge in [-0.3, -0.25) is 4.79 Å². The molecule has 0 fully saturated rings. The van der Waals surface area contributed by atoms with Crippen LogP contribution in [0.15, 0.2) is 65.2 Å². The van der Waals surface area contributed by atoms with Crippen molar-refractivity contribution >= 4 is 17.9 Å². The molecule has 0 aliphatic heterocycles. The Morgan fingerprint density at radius 3 is 2.53 bits per heavy atom. The van der Waals surface area contributed by atoms with Crippen LogP contribution in [0.3, 0.4) is 0 Å². The van der Waals surface area contributed by atoms with Crippen molar-refractivity contribution in [1.82, 2.24) is 10.1 Å². The maximum absolute atomic E-state index is 10.8. The Labute approximate surface area is 179 Å². The van der Waals surface area contributed by atoms with Crippen molar-refractivity contribution in [3.63, 3.8) is 0 Å². The van der Waals surface area contributed by atoms with Crippen molar-refractivity contribution < 1.29 is 14.1 Å². The number of halogens is 1. The van der Waals surface area contributed by atoms with Gasteiger partial charge in [-0.2, -0.15) is 4.98 Å². The lowest BCUT2D eigenvalue weighted by molar-refractivity contribution is 0.112. The molecule has 0 atom stereocenters. The van der Waals surface area contributed by atoms with Gasteiger partial charge in [0.2, 0.25) is 5.82 Å². The lowest BCUT2D eigenvalue weighted by Crippen LogP contribution is -2.00. The van der Waals surface area contributed by atoms with E-state index in [1.54, 1.807) is 24.3 Å². The molecule has 4 rings (SSSR count). The van der Waals surface area contributed by atoms with Gasteiger partial charge >= 0.3 is 0 Å². The van der Waals surface area contributed by atoms with Crippen molar-refractivity contribution in [2.75, 3.05) is 0 Å². The van der Waals surface area contributed by atoms with Gasteiger partial charge < -0.3 is 9.26 Å². The molecule has 30 heavy (non-hydrogen) atoms. The number of hydrogen-bond donors (Lipinski definition) is 0. The van der Waals surface area contributed by atoms with Gasteiger partial charge in [0.25, 0.3) is 5.89 Å². The monoisotopic (exact) mass is 418 g/mol. The minimum Gasteiger partial charge on any atom is -0.483 e. The van der Waals surface area contributed by atoms with Crippen LogP contribution in [-0.2, 0) is 6.61 Å². The molecule has 0 aliphatic carbocycles. The third-order valence-corrected chi connectivity index (χ3v) is 5.29. The van der Waals surface area contributed by atoms with Crippen molar-refractivity contribution in [3.05, 3.63) is 88.3 Å². The van der Waals surface area contributed by atoms with E-state index < -0.39 is 0 Å². The fourth-order valence-electron chi connectivity index (χ4n) is 3.19. The molecule has 6 heteroatoms. The fourth-order valence-corrected chi connectivity index (χ4v) is 3.42. The second kappa shape index (κ2) is 8.51. The summed E-state index contributed by atoms with van der Waals surface area (Å²) in [5.41, 5.74) is 5.46. The van der Waals surface area contributed by atoms with Crippen LogP contribution in [-0.4, -0.2) is 16.4 Å². The summed E-state index contributed by atoms with van der Waals surface area (Å²) in [6.07, 6.45) is 0.791. The van der Waals surface area contributed by atoms with Gasteiger partial charge in [0.05, 0.1) is 0 Å². The van der Waals surface area contributed by atoms with Crippen LogP contribution >= 0.6 is 11.6 Å². The molecule has 5 nitrogen and oxygen atoms in total. The molecule has 0 unspecified atom stereocenters. The Kier molecular flexibility index (Phi) is 5.63. The molecular formula is C24H19ClN2O3. The second-order valence-electron chi connectivity index (χ2n) is 6.90. The Balaban J connectivity index is 1.59. The molecule has 0 N–H and O–H groups in total. The lowest BCUT2D eigenvalue weighted by atomic mass is 9.96. The number of aromatic nitrogens is 2. The molecule has 1 heterocycles. The molecule has 1 aromatic heterocycles. The van der Waals surface area contributed by atoms with E-state index in [2.05, 4.69) is 24.0 Å². The first-order valence-corrected chi connectivity index (χ1v) is 9.80. The molecule has 0 spiro atoms. The normalized spacial score (nSPS) is 10.8. The fraction of sp³-hybridized carbons (Fsp3) is 0.125. The van der Waals surface area contributed by atoms with Crippen molar-refractivity contribution in [1.29, 1.82) is 0 Å². The number of carbonyl (C=O) groups excluding carboxylic acids is 1. The lowest BCUT2D eigenvalue weighted by Gasteiger charge is -2.16. The summed E-state index contributed by atoms with van der Waals surface area (Å²) < 4.78 is 11.4. The summed E-state index contributed by atoms with van der Waals surface area (Å²) in [7, 11) is 0. The van der Waals surface area contributed by atoms with Crippen LogP contribution in [0.5, 0.6) is 5.75 Å². The van der Waals surface area contributed by atoms with Gasteiger partial charge in [0, 0.05) is 27.3 Å². The molecule has 0 amide bonds. The van der Waals surface area contributed by atoms with Gasteiger partial charge in [0.1, 0.15) is 12.0 Å². The molecule has 0 radical (unpaired) electrons. The van der Waals surface area contributed by atoms with Crippen LogP contribution < -0.4 is 4.74 Å². The summed E-state index contributed by atoms with van der Waals surface area (Å²) in [6.45, 7) is 4.23. The van der Waals surface area contributed by atoms with E-state index in [0.29, 0.717) is 28.1 Å². The predicted octanol–water partition coefficient (Wildman–Crippen LogP) is 6.07. The Bertz CT molecular complexity index is 1200. The van der Waals surface area contributed by atoms with Crippen LogP contribution in [0.2, 0.25) is 5.02 Å². The van der Waals surface area contributed by atoms with Crippen molar-refractivity contribution in [3.8, 4) is 28.3 Å². The van der Waals surface area contributed by atoms with Crippen molar-refractivity contribution in [2.24, 2.45) is 0 Å². The first-order chi connectivity index (χ1) is 14.6. The minimum absolute atomic E-state index is 0.124. The predicted molar refractivity (Wildman–Crippen MR) is 116 cm³/mol. The van der Waals surface area contributed by atoms with Gasteiger partial charge in [0.15, 0.2) is 6.61 Å². The van der Waals surface area contributed by atoms with E-state index in [1.165, 1.54) is 0 Å². The highest BCUT2D eigenvalue weighted by Crippen LogP contribution is 2.39. The van der Waals surface area contributed by atoms with Gasteiger partial charge in [-0.25, -0.2) is 0 Å². The molecule has 0 aliphatic rings. The van der Waals surface area contributed by atoms with Crippen LogP contribution in [0, 0.1) is 13.8 Å². The summed E-state index contributed by atoms with van der Waals surface area (Å²) in [5, 5.41) is 4.67. The topological polar surface area (TPSA) is 65.2 Å². The van der Waals surface area contributed by atoms with Crippen molar-refractivity contribution in [2.45, 2.75) is 20.5 Å². The second-order valence-corrected chi connectivity index (χ2v) is 7.31. The number of hydrogen-bond acceptors (Lipinski definition) is 5. The standard InChI is InChI=1S/C24H19ClN2O3/c1-15-7-12-21(23(16(15)2)19-5-3-4-6-20(19)25)29-14-22-26-24(27-30-22)18-10-8-17(13-28)9-11-18/h3-13H,14H2,1-2H3. The molecule has 0 saturated carbocycles. The van der Waals surface area contributed by atoms with E-state index in [1.807, 2.05) is 36.4 Å². The molecular weight excluding hydrogens is 400 g/mol. The van der Waals surface area contributed by atoms with Crippen LogP contribution in [0.1, 0.15) is 27.4 Å². The molecule has 4 aromatic rings. The largest absolute Gasteiger partial charge is 0.483 e. The average molecular weight is 419 g/mol. The van der Waals surface area contributed by atoms with Gasteiger partial charge in [-0.05, 0) is 37.1 Å². The highest BCUT2D eigenvalue weighted by atomic mass is 35.5. The maximum atomic E-state index is 10.8. The molecule has 3 aromatic carbocycles. The molecule has 0 bridgehead atoms. The summed E-state index contributed by atoms with van der Waals surface area (Å²) in [5.74, 6) is 1.49. The van der Waals surface area contributed by atoms with E-state index >= 15 is 0 Å².